The quantitative estimate of drug-likeness (QED) is 0.923. The number of carbonyl (C=O) groups is 1. The van der Waals surface area contributed by atoms with Gasteiger partial charge in [0.1, 0.15) is 0 Å². The molecule has 0 aliphatic heterocycles. The Morgan fingerprint density at radius 3 is 2.85 bits per heavy atom. The summed E-state index contributed by atoms with van der Waals surface area (Å²) in [5.74, 6) is -0.0526. The standard InChI is InChI=1S/C16H20N2O2/c19-16(20)13-6-7-15-14(10-13)17-11-18(15)9-8-12-4-2-1-3-5-12/h6-7,10-12H,1-5,8-9H2,(H,19,20). The van der Waals surface area contributed by atoms with Crippen molar-refractivity contribution >= 4 is 17.0 Å². The van der Waals surface area contributed by atoms with Crippen molar-refractivity contribution in [3.63, 3.8) is 0 Å². The van der Waals surface area contributed by atoms with E-state index in [1.807, 2.05) is 12.4 Å². The van der Waals surface area contributed by atoms with Gasteiger partial charge in [-0.25, -0.2) is 9.78 Å². The third-order valence-corrected chi connectivity index (χ3v) is 4.37. The lowest BCUT2D eigenvalue weighted by Crippen LogP contribution is -2.09. The van der Waals surface area contributed by atoms with E-state index >= 15 is 0 Å². The molecule has 106 valence electrons. The SMILES string of the molecule is O=C(O)c1ccc2c(c1)ncn2CCC1CCCCC1. The first-order chi connectivity index (χ1) is 9.74. The summed E-state index contributed by atoms with van der Waals surface area (Å²) in [5, 5.41) is 8.99. The summed E-state index contributed by atoms with van der Waals surface area (Å²) < 4.78 is 2.15. The number of carboxylic acids is 1. The number of aromatic nitrogens is 2. The van der Waals surface area contributed by atoms with E-state index in [4.69, 9.17) is 5.11 Å². The van der Waals surface area contributed by atoms with Crippen LogP contribution in [0.2, 0.25) is 0 Å². The van der Waals surface area contributed by atoms with Crippen molar-refractivity contribution < 1.29 is 9.90 Å². The van der Waals surface area contributed by atoms with Crippen molar-refractivity contribution in [1.82, 2.24) is 9.55 Å². The lowest BCUT2D eigenvalue weighted by atomic mass is 9.87. The summed E-state index contributed by atoms with van der Waals surface area (Å²) >= 11 is 0. The zero-order valence-corrected chi connectivity index (χ0v) is 11.6. The Balaban J connectivity index is 1.73. The molecule has 1 aliphatic carbocycles. The Hall–Kier alpha value is -1.84. The van der Waals surface area contributed by atoms with Gasteiger partial charge in [0, 0.05) is 6.54 Å². The molecule has 1 aliphatic rings. The maximum atomic E-state index is 10.9. The molecule has 1 aromatic carbocycles. The van der Waals surface area contributed by atoms with Crippen molar-refractivity contribution in [2.24, 2.45) is 5.92 Å². The predicted octanol–water partition coefficient (Wildman–Crippen LogP) is 3.70. The van der Waals surface area contributed by atoms with E-state index in [0.29, 0.717) is 5.56 Å². The maximum Gasteiger partial charge on any atom is 0.335 e. The lowest BCUT2D eigenvalue weighted by Gasteiger charge is -2.21. The Morgan fingerprint density at radius 1 is 1.30 bits per heavy atom. The van der Waals surface area contributed by atoms with E-state index < -0.39 is 5.97 Å². The van der Waals surface area contributed by atoms with Gasteiger partial charge in [0.25, 0.3) is 0 Å². The molecule has 1 heterocycles. The van der Waals surface area contributed by atoms with Gasteiger partial charge >= 0.3 is 5.97 Å². The number of fused-ring (bicyclic) bond motifs is 1. The van der Waals surface area contributed by atoms with Gasteiger partial charge in [0.15, 0.2) is 0 Å². The van der Waals surface area contributed by atoms with Crippen LogP contribution in [0.25, 0.3) is 11.0 Å². The van der Waals surface area contributed by atoms with E-state index in [9.17, 15) is 4.79 Å². The highest BCUT2D eigenvalue weighted by atomic mass is 16.4. The van der Waals surface area contributed by atoms with Crippen LogP contribution in [-0.2, 0) is 6.54 Å². The molecular formula is C16H20N2O2. The van der Waals surface area contributed by atoms with Crippen LogP contribution in [0.1, 0.15) is 48.9 Å². The van der Waals surface area contributed by atoms with Crippen LogP contribution < -0.4 is 0 Å². The molecule has 3 rings (SSSR count). The zero-order chi connectivity index (χ0) is 13.9. The normalized spacial score (nSPS) is 16.6. The van der Waals surface area contributed by atoms with E-state index in [1.165, 1.54) is 38.5 Å². The minimum Gasteiger partial charge on any atom is -0.478 e. The molecule has 0 radical (unpaired) electrons. The van der Waals surface area contributed by atoms with E-state index in [1.54, 1.807) is 12.1 Å². The highest BCUT2D eigenvalue weighted by Crippen LogP contribution is 2.27. The monoisotopic (exact) mass is 272 g/mol. The number of aryl methyl sites for hydroxylation is 1. The minimum absolute atomic E-state index is 0.301. The molecule has 4 heteroatoms. The zero-order valence-electron chi connectivity index (χ0n) is 11.6. The molecule has 0 unspecified atom stereocenters. The molecule has 20 heavy (non-hydrogen) atoms. The number of hydrogen-bond donors (Lipinski definition) is 1. The Morgan fingerprint density at radius 2 is 2.10 bits per heavy atom. The van der Waals surface area contributed by atoms with Gasteiger partial charge in [-0.15, -0.1) is 0 Å². The summed E-state index contributed by atoms with van der Waals surface area (Å²) in [6.45, 7) is 0.980. The van der Waals surface area contributed by atoms with Crippen LogP contribution in [0.3, 0.4) is 0 Å². The lowest BCUT2D eigenvalue weighted by molar-refractivity contribution is 0.0697. The molecule has 0 bridgehead atoms. The van der Waals surface area contributed by atoms with Crippen molar-refractivity contribution in [2.75, 3.05) is 0 Å². The molecule has 2 aromatic rings. The molecule has 1 N–H and O–H groups in total. The second-order valence-electron chi connectivity index (χ2n) is 5.74. The first-order valence-corrected chi connectivity index (χ1v) is 7.42. The molecular weight excluding hydrogens is 252 g/mol. The van der Waals surface area contributed by atoms with E-state index in [0.717, 1.165) is 23.5 Å². The van der Waals surface area contributed by atoms with Crippen LogP contribution in [0, 0.1) is 5.92 Å². The van der Waals surface area contributed by atoms with Crippen molar-refractivity contribution in [2.45, 2.75) is 45.1 Å². The fourth-order valence-corrected chi connectivity index (χ4v) is 3.17. The summed E-state index contributed by atoms with van der Waals surface area (Å²) in [4.78, 5) is 15.3. The van der Waals surface area contributed by atoms with Crippen LogP contribution >= 0.6 is 0 Å². The van der Waals surface area contributed by atoms with Crippen molar-refractivity contribution in [1.29, 1.82) is 0 Å². The van der Waals surface area contributed by atoms with Crippen molar-refractivity contribution in [3.8, 4) is 0 Å². The number of benzene rings is 1. The average molecular weight is 272 g/mol. The third kappa shape index (κ3) is 2.69. The Kier molecular flexibility index (Phi) is 3.72. The van der Waals surface area contributed by atoms with E-state index in [-0.39, 0.29) is 0 Å². The Labute approximate surface area is 118 Å². The number of nitrogens with zero attached hydrogens (tertiary/aromatic N) is 2. The fourth-order valence-electron chi connectivity index (χ4n) is 3.17. The molecule has 1 saturated carbocycles. The smallest absolute Gasteiger partial charge is 0.335 e. The van der Waals surface area contributed by atoms with E-state index in [2.05, 4.69) is 9.55 Å². The third-order valence-electron chi connectivity index (χ3n) is 4.37. The first kappa shape index (κ1) is 13.2. The maximum absolute atomic E-state index is 10.9. The molecule has 0 saturated heterocycles. The predicted molar refractivity (Wildman–Crippen MR) is 77.9 cm³/mol. The molecule has 1 aromatic heterocycles. The van der Waals surface area contributed by atoms with Crippen LogP contribution in [0.5, 0.6) is 0 Å². The highest BCUT2D eigenvalue weighted by molar-refractivity contribution is 5.92. The minimum atomic E-state index is -0.899. The second kappa shape index (κ2) is 5.65. The van der Waals surface area contributed by atoms with Gasteiger partial charge in [-0.1, -0.05) is 32.1 Å². The van der Waals surface area contributed by atoms with Crippen LogP contribution in [-0.4, -0.2) is 20.6 Å². The molecule has 4 nitrogen and oxygen atoms in total. The number of carboxylic acid groups (broad SMARTS) is 1. The summed E-state index contributed by atoms with van der Waals surface area (Å²) in [7, 11) is 0. The molecule has 1 fully saturated rings. The van der Waals surface area contributed by atoms with Crippen LogP contribution in [0.15, 0.2) is 24.5 Å². The molecule has 0 spiro atoms. The summed E-state index contributed by atoms with van der Waals surface area (Å²) in [6, 6.07) is 5.17. The summed E-state index contributed by atoms with van der Waals surface area (Å²) in [5.41, 5.74) is 2.11. The summed E-state index contributed by atoms with van der Waals surface area (Å²) in [6.07, 6.45) is 9.88. The topological polar surface area (TPSA) is 55.1 Å². The van der Waals surface area contributed by atoms with Crippen LogP contribution in [0.4, 0.5) is 0 Å². The van der Waals surface area contributed by atoms with Gasteiger partial charge in [0.05, 0.1) is 22.9 Å². The Bertz CT molecular complexity index is 612. The molecule has 0 atom stereocenters. The molecule has 0 amide bonds. The number of rotatable bonds is 4. The van der Waals surface area contributed by atoms with Gasteiger partial charge in [0.2, 0.25) is 0 Å². The number of hydrogen-bond acceptors (Lipinski definition) is 2. The number of aromatic carboxylic acids is 1. The first-order valence-electron chi connectivity index (χ1n) is 7.42. The average Bonchev–Trinajstić information content (AvgIpc) is 2.88. The van der Waals surface area contributed by atoms with Gasteiger partial charge in [-0.05, 0) is 30.5 Å². The highest BCUT2D eigenvalue weighted by Gasteiger charge is 2.14. The largest absolute Gasteiger partial charge is 0.478 e. The van der Waals surface area contributed by atoms with Gasteiger partial charge in [-0.2, -0.15) is 0 Å². The van der Waals surface area contributed by atoms with Crippen molar-refractivity contribution in [3.05, 3.63) is 30.1 Å². The fraction of sp³-hybridized carbons (Fsp3) is 0.500. The second-order valence-corrected chi connectivity index (χ2v) is 5.74. The number of imidazole rings is 1. The van der Waals surface area contributed by atoms with Gasteiger partial charge < -0.3 is 9.67 Å². The van der Waals surface area contributed by atoms with Gasteiger partial charge in [-0.3, -0.25) is 0 Å².